The van der Waals surface area contributed by atoms with Gasteiger partial charge in [0.15, 0.2) is 5.96 Å². The van der Waals surface area contributed by atoms with E-state index in [1.165, 1.54) is 19.5 Å². The van der Waals surface area contributed by atoms with Crippen LogP contribution in [0.25, 0.3) is 0 Å². The van der Waals surface area contributed by atoms with Crippen molar-refractivity contribution in [2.75, 3.05) is 54.9 Å². The van der Waals surface area contributed by atoms with E-state index in [4.69, 9.17) is 0 Å². The second-order valence-electron chi connectivity index (χ2n) is 4.85. The Kier molecular flexibility index (Phi) is 4.39. The lowest BCUT2D eigenvalue weighted by atomic mass is 10.1. The van der Waals surface area contributed by atoms with E-state index in [9.17, 15) is 0 Å². The van der Waals surface area contributed by atoms with Gasteiger partial charge in [-0.1, -0.05) is 0 Å². The zero-order valence-electron chi connectivity index (χ0n) is 10.7. The van der Waals surface area contributed by atoms with Gasteiger partial charge >= 0.3 is 0 Å². The SMILES string of the molecule is CN1CCC(CN=C(N(C)C)N(C)C)C1. The molecule has 1 rings (SSSR count). The highest BCUT2D eigenvalue weighted by Crippen LogP contribution is 2.14. The van der Waals surface area contributed by atoms with Crippen LogP contribution in [-0.4, -0.2) is 75.5 Å². The van der Waals surface area contributed by atoms with Crippen LogP contribution in [0.15, 0.2) is 4.99 Å². The Labute approximate surface area is 93.6 Å². The molecule has 0 bridgehead atoms. The zero-order valence-corrected chi connectivity index (χ0v) is 10.7. The Bertz CT molecular complexity index is 213. The van der Waals surface area contributed by atoms with Crippen molar-refractivity contribution in [3.8, 4) is 0 Å². The van der Waals surface area contributed by atoms with Gasteiger partial charge in [0, 0.05) is 41.3 Å². The Morgan fingerprint density at radius 3 is 2.27 bits per heavy atom. The first kappa shape index (κ1) is 12.3. The van der Waals surface area contributed by atoms with E-state index in [1.807, 2.05) is 28.2 Å². The predicted octanol–water partition coefficient (Wildman–Crippen LogP) is 0.417. The summed E-state index contributed by atoms with van der Waals surface area (Å²) >= 11 is 0. The average Bonchev–Trinajstić information content (AvgIpc) is 2.50. The van der Waals surface area contributed by atoms with E-state index in [2.05, 4.69) is 26.7 Å². The monoisotopic (exact) mass is 212 g/mol. The standard InChI is InChI=1S/C11H24N4/c1-13(2)11(14(3)4)12-8-10-6-7-15(5)9-10/h10H,6-9H2,1-5H3. The van der Waals surface area contributed by atoms with Crippen LogP contribution in [-0.2, 0) is 0 Å². The lowest BCUT2D eigenvalue weighted by Gasteiger charge is -2.23. The number of guanidine groups is 1. The quantitative estimate of drug-likeness (QED) is 0.489. The molecule has 0 aromatic carbocycles. The van der Waals surface area contributed by atoms with Gasteiger partial charge in [0.05, 0.1) is 0 Å². The van der Waals surface area contributed by atoms with Crippen LogP contribution >= 0.6 is 0 Å². The molecule has 0 aromatic rings. The van der Waals surface area contributed by atoms with Gasteiger partial charge in [0.2, 0.25) is 0 Å². The molecule has 0 amide bonds. The molecule has 1 fully saturated rings. The highest BCUT2D eigenvalue weighted by atomic mass is 15.3. The van der Waals surface area contributed by atoms with E-state index in [0.717, 1.165) is 18.4 Å². The van der Waals surface area contributed by atoms with Crippen molar-refractivity contribution in [3.63, 3.8) is 0 Å². The molecule has 88 valence electrons. The first-order valence-electron chi connectivity index (χ1n) is 5.58. The summed E-state index contributed by atoms with van der Waals surface area (Å²) in [6, 6.07) is 0. The van der Waals surface area contributed by atoms with Crippen molar-refractivity contribution in [1.82, 2.24) is 14.7 Å². The molecule has 4 heteroatoms. The molecule has 4 nitrogen and oxygen atoms in total. The van der Waals surface area contributed by atoms with Gasteiger partial charge in [-0.25, -0.2) is 0 Å². The zero-order chi connectivity index (χ0) is 11.4. The number of aliphatic imine (C=N–C) groups is 1. The Morgan fingerprint density at radius 2 is 1.87 bits per heavy atom. The summed E-state index contributed by atoms with van der Waals surface area (Å²) < 4.78 is 0. The first-order valence-corrected chi connectivity index (χ1v) is 5.58. The van der Waals surface area contributed by atoms with Gasteiger partial charge in [-0.05, 0) is 25.9 Å². The number of rotatable bonds is 2. The van der Waals surface area contributed by atoms with E-state index in [1.54, 1.807) is 0 Å². The van der Waals surface area contributed by atoms with Crippen LogP contribution in [0.1, 0.15) is 6.42 Å². The van der Waals surface area contributed by atoms with Crippen molar-refractivity contribution in [1.29, 1.82) is 0 Å². The number of nitrogens with zero attached hydrogens (tertiary/aromatic N) is 4. The molecule has 1 saturated heterocycles. The van der Waals surface area contributed by atoms with Crippen LogP contribution in [0.2, 0.25) is 0 Å². The molecule has 1 atom stereocenters. The third kappa shape index (κ3) is 3.70. The maximum absolute atomic E-state index is 4.68. The van der Waals surface area contributed by atoms with Crippen LogP contribution in [0.5, 0.6) is 0 Å². The van der Waals surface area contributed by atoms with Gasteiger partial charge in [-0.3, -0.25) is 4.99 Å². The van der Waals surface area contributed by atoms with Gasteiger partial charge in [-0.15, -0.1) is 0 Å². The van der Waals surface area contributed by atoms with E-state index < -0.39 is 0 Å². The fourth-order valence-corrected chi connectivity index (χ4v) is 2.07. The van der Waals surface area contributed by atoms with Gasteiger partial charge in [0.1, 0.15) is 0 Å². The van der Waals surface area contributed by atoms with Crippen LogP contribution in [0, 0.1) is 5.92 Å². The second-order valence-corrected chi connectivity index (χ2v) is 4.85. The van der Waals surface area contributed by atoms with Gasteiger partial charge in [-0.2, -0.15) is 0 Å². The third-order valence-electron chi connectivity index (χ3n) is 2.78. The summed E-state index contributed by atoms with van der Waals surface area (Å²) in [5.41, 5.74) is 0. The number of hydrogen-bond donors (Lipinski definition) is 0. The van der Waals surface area contributed by atoms with E-state index >= 15 is 0 Å². The van der Waals surface area contributed by atoms with Gasteiger partial charge in [0.25, 0.3) is 0 Å². The highest BCUT2D eigenvalue weighted by Gasteiger charge is 2.19. The fourth-order valence-electron chi connectivity index (χ4n) is 2.07. The average molecular weight is 212 g/mol. The molecule has 0 aliphatic carbocycles. The Balaban J connectivity index is 2.46. The predicted molar refractivity (Wildman–Crippen MR) is 65.3 cm³/mol. The molecule has 0 N–H and O–H groups in total. The molecular weight excluding hydrogens is 188 g/mol. The van der Waals surface area contributed by atoms with Crippen molar-refractivity contribution in [2.45, 2.75) is 6.42 Å². The van der Waals surface area contributed by atoms with Crippen LogP contribution in [0.3, 0.4) is 0 Å². The number of likely N-dealkylation sites (tertiary alicyclic amines) is 1. The van der Waals surface area contributed by atoms with Crippen molar-refractivity contribution < 1.29 is 0 Å². The maximum Gasteiger partial charge on any atom is 0.195 e. The molecule has 1 aliphatic rings. The Morgan fingerprint density at radius 1 is 1.27 bits per heavy atom. The van der Waals surface area contributed by atoms with Crippen LogP contribution < -0.4 is 0 Å². The molecule has 1 aliphatic heterocycles. The molecule has 1 heterocycles. The minimum Gasteiger partial charge on any atom is -0.349 e. The smallest absolute Gasteiger partial charge is 0.195 e. The summed E-state index contributed by atoms with van der Waals surface area (Å²) in [6.45, 7) is 3.37. The summed E-state index contributed by atoms with van der Waals surface area (Å²) in [5, 5.41) is 0. The van der Waals surface area contributed by atoms with Crippen molar-refractivity contribution >= 4 is 5.96 Å². The summed E-state index contributed by atoms with van der Waals surface area (Å²) in [4.78, 5) is 11.2. The summed E-state index contributed by atoms with van der Waals surface area (Å²) in [6.07, 6.45) is 1.29. The maximum atomic E-state index is 4.68. The Hall–Kier alpha value is -0.770. The molecule has 1 unspecified atom stereocenters. The highest BCUT2D eigenvalue weighted by molar-refractivity contribution is 5.79. The fraction of sp³-hybridized carbons (Fsp3) is 0.909. The molecule has 0 saturated carbocycles. The minimum atomic E-state index is 0.741. The van der Waals surface area contributed by atoms with Crippen LogP contribution in [0.4, 0.5) is 0 Å². The van der Waals surface area contributed by atoms with Crippen molar-refractivity contribution in [3.05, 3.63) is 0 Å². The number of hydrogen-bond acceptors (Lipinski definition) is 2. The minimum absolute atomic E-state index is 0.741. The second kappa shape index (κ2) is 5.35. The third-order valence-corrected chi connectivity index (χ3v) is 2.78. The summed E-state index contributed by atoms with van der Waals surface area (Å²) in [7, 11) is 10.3. The molecule has 15 heavy (non-hydrogen) atoms. The molecule has 0 spiro atoms. The normalized spacial score (nSPS) is 21.5. The largest absolute Gasteiger partial charge is 0.349 e. The van der Waals surface area contributed by atoms with Gasteiger partial charge < -0.3 is 14.7 Å². The van der Waals surface area contributed by atoms with E-state index in [-0.39, 0.29) is 0 Å². The van der Waals surface area contributed by atoms with Crippen molar-refractivity contribution in [2.24, 2.45) is 10.9 Å². The first-order chi connectivity index (χ1) is 7.00. The topological polar surface area (TPSA) is 22.1 Å². The molecular formula is C11H24N4. The molecule has 0 radical (unpaired) electrons. The lowest BCUT2D eigenvalue weighted by Crippen LogP contribution is -2.36. The summed E-state index contributed by atoms with van der Waals surface area (Å²) in [5.74, 6) is 1.80. The lowest BCUT2D eigenvalue weighted by molar-refractivity contribution is 0.395. The molecule has 0 aromatic heterocycles. The van der Waals surface area contributed by atoms with E-state index in [0.29, 0.717) is 0 Å².